The van der Waals surface area contributed by atoms with Gasteiger partial charge in [0, 0.05) is 4.47 Å². The van der Waals surface area contributed by atoms with E-state index in [0.29, 0.717) is 4.47 Å². The van der Waals surface area contributed by atoms with Crippen molar-refractivity contribution in [3.63, 3.8) is 0 Å². The number of aliphatic hydroxyl groups excluding tert-OH is 1. The van der Waals surface area contributed by atoms with Gasteiger partial charge in [-0.15, -0.1) is 0 Å². The number of rotatable bonds is 2. The molecule has 2 unspecified atom stereocenters. The molecule has 4 nitrogen and oxygen atoms in total. The summed E-state index contributed by atoms with van der Waals surface area (Å²) in [6, 6.07) is 5.65. The van der Waals surface area contributed by atoms with Gasteiger partial charge in [-0.1, -0.05) is 15.9 Å². The van der Waals surface area contributed by atoms with Crippen molar-refractivity contribution in [3.05, 3.63) is 34.1 Å². The van der Waals surface area contributed by atoms with E-state index in [1.165, 1.54) is 12.1 Å². The molecule has 1 aliphatic heterocycles. The van der Waals surface area contributed by atoms with Gasteiger partial charge in [0.15, 0.2) is 9.84 Å². The van der Waals surface area contributed by atoms with Crippen LogP contribution in [0, 0.1) is 22.6 Å². The number of hydrogen-bond donors (Lipinski definition) is 1. The van der Waals surface area contributed by atoms with Crippen LogP contribution in [0.15, 0.2) is 22.7 Å². The molecule has 0 aliphatic carbocycles. The molecule has 7 heteroatoms. The Morgan fingerprint density at radius 3 is 2.74 bits per heavy atom. The molecule has 1 aromatic carbocycles. The molecular formula is C12H11BrFNO3S. The van der Waals surface area contributed by atoms with Gasteiger partial charge in [0.05, 0.1) is 23.7 Å². The van der Waals surface area contributed by atoms with Gasteiger partial charge >= 0.3 is 0 Å². The van der Waals surface area contributed by atoms with E-state index in [2.05, 4.69) is 15.9 Å². The molecule has 2 atom stereocenters. The first-order valence-corrected chi connectivity index (χ1v) is 8.16. The zero-order valence-corrected chi connectivity index (χ0v) is 12.2. The first-order chi connectivity index (χ1) is 8.80. The SMILES string of the molecule is N#CC1(C(O)c2cc(F)ccc2Br)CCS(=O)(=O)C1. The normalized spacial score (nSPS) is 26.8. The smallest absolute Gasteiger partial charge is 0.152 e. The van der Waals surface area contributed by atoms with Gasteiger partial charge in [0.25, 0.3) is 0 Å². The molecule has 1 saturated heterocycles. The summed E-state index contributed by atoms with van der Waals surface area (Å²) in [5.74, 6) is -1.09. The summed E-state index contributed by atoms with van der Waals surface area (Å²) in [6.07, 6.45) is -1.30. The molecule has 19 heavy (non-hydrogen) atoms. The highest BCUT2D eigenvalue weighted by molar-refractivity contribution is 9.10. The molecule has 0 spiro atoms. The van der Waals surface area contributed by atoms with Gasteiger partial charge in [0.2, 0.25) is 0 Å². The van der Waals surface area contributed by atoms with Crippen molar-refractivity contribution >= 4 is 25.8 Å². The number of benzene rings is 1. The monoisotopic (exact) mass is 347 g/mol. The number of halogens is 2. The van der Waals surface area contributed by atoms with E-state index >= 15 is 0 Å². The molecule has 0 aromatic heterocycles. The molecule has 1 aliphatic rings. The zero-order valence-electron chi connectivity index (χ0n) is 9.81. The topological polar surface area (TPSA) is 78.2 Å². The van der Waals surface area contributed by atoms with Crippen LogP contribution in [0.25, 0.3) is 0 Å². The molecule has 0 radical (unpaired) electrons. The van der Waals surface area contributed by atoms with Crippen molar-refractivity contribution in [1.29, 1.82) is 5.26 Å². The van der Waals surface area contributed by atoms with Crippen molar-refractivity contribution in [2.24, 2.45) is 5.41 Å². The average Bonchev–Trinajstić information content (AvgIpc) is 2.68. The third kappa shape index (κ3) is 2.66. The molecule has 1 N–H and O–H groups in total. The van der Waals surface area contributed by atoms with Crippen LogP contribution >= 0.6 is 15.9 Å². The number of sulfone groups is 1. The highest BCUT2D eigenvalue weighted by Gasteiger charge is 2.49. The fourth-order valence-corrected chi connectivity index (χ4v) is 4.70. The first kappa shape index (κ1) is 14.4. The van der Waals surface area contributed by atoms with Crippen LogP contribution < -0.4 is 0 Å². The van der Waals surface area contributed by atoms with Gasteiger partial charge in [-0.05, 0) is 30.2 Å². The number of hydrogen-bond acceptors (Lipinski definition) is 4. The molecule has 0 amide bonds. The second-order valence-electron chi connectivity index (χ2n) is 4.68. The Morgan fingerprint density at radius 1 is 1.53 bits per heavy atom. The van der Waals surface area contributed by atoms with Crippen LogP contribution in [0.1, 0.15) is 18.1 Å². The standard InChI is InChI=1S/C12H11BrFNO3S/c13-10-2-1-8(14)5-9(10)11(16)12(6-15)3-4-19(17,18)7-12/h1-2,5,11,16H,3-4,7H2. The predicted molar refractivity (Wildman–Crippen MR) is 70.4 cm³/mol. The van der Waals surface area contributed by atoms with Crippen molar-refractivity contribution < 1.29 is 17.9 Å². The second-order valence-corrected chi connectivity index (χ2v) is 7.72. The molecule has 1 aromatic rings. The fourth-order valence-electron chi connectivity index (χ4n) is 2.26. The highest BCUT2D eigenvalue weighted by atomic mass is 79.9. The van der Waals surface area contributed by atoms with E-state index in [1.807, 2.05) is 6.07 Å². The second kappa shape index (κ2) is 4.85. The summed E-state index contributed by atoms with van der Waals surface area (Å²) >= 11 is 3.17. The van der Waals surface area contributed by atoms with Gasteiger partial charge in [-0.25, -0.2) is 12.8 Å². The van der Waals surface area contributed by atoms with E-state index in [4.69, 9.17) is 0 Å². The Labute approximate surface area is 118 Å². The molecule has 2 rings (SSSR count). The summed E-state index contributed by atoms with van der Waals surface area (Å²) in [4.78, 5) is 0. The summed E-state index contributed by atoms with van der Waals surface area (Å²) in [5, 5.41) is 19.6. The van der Waals surface area contributed by atoms with Crippen molar-refractivity contribution in [1.82, 2.24) is 0 Å². The van der Waals surface area contributed by atoms with Gasteiger partial charge in [-0.3, -0.25) is 0 Å². The zero-order chi connectivity index (χ0) is 14.3. The third-order valence-corrected chi connectivity index (χ3v) is 5.84. The highest BCUT2D eigenvalue weighted by Crippen LogP contribution is 2.44. The van der Waals surface area contributed by atoms with Crippen LogP contribution in [0.4, 0.5) is 4.39 Å². The Balaban J connectivity index is 2.46. The predicted octanol–water partition coefficient (Wildman–Crippen LogP) is 1.95. The molecule has 1 fully saturated rings. The number of aliphatic hydroxyl groups is 1. The van der Waals surface area contributed by atoms with E-state index in [9.17, 15) is 23.2 Å². The Hall–Kier alpha value is -0.970. The maximum Gasteiger partial charge on any atom is 0.152 e. The number of nitrogens with zero attached hydrogens (tertiary/aromatic N) is 1. The minimum atomic E-state index is -3.33. The van der Waals surface area contributed by atoms with E-state index in [0.717, 1.165) is 6.07 Å². The van der Waals surface area contributed by atoms with Crippen molar-refractivity contribution in [2.75, 3.05) is 11.5 Å². The fraction of sp³-hybridized carbons (Fsp3) is 0.417. The van der Waals surface area contributed by atoms with Gasteiger partial charge in [0.1, 0.15) is 11.2 Å². The largest absolute Gasteiger partial charge is 0.387 e. The maximum atomic E-state index is 13.2. The lowest BCUT2D eigenvalue weighted by Gasteiger charge is -2.26. The van der Waals surface area contributed by atoms with E-state index in [-0.39, 0.29) is 17.7 Å². The molecular weight excluding hydrogens is 337 g/mol. The van der Waals surface area contributed by atoms with Crippen LogP contribution in [0.3, 0.4) is 0 Å². The van der Waals surface area contributed by atoms with Crippen molar-refractivity contribution in [3.8, 4) is 6.07 Å². The third-order valence-electron chi connectivity index (χ3n) is 3.34. The average molecular weight is 348 g/mol. The minimum Gasteiger partial charge on any atom is -0.387 e. The summed E-state index contributed by atoms with van der Waals surface area (Å²) in [5.41, 5.74) is -1.21. The minimum absolute atomic E-state index is 0.0515. The van der Waals surface area contributed by atoms with Crippen LogP contribution in [0.2, 0.25) is 0 Å². The molecule has 1 heterocycles. The molecule has 102 valence electrons. The van der Waals surface area contributed by atoms with Gasteiger partial charge in [-0.2, -0.15) is 5.26 Å². The number of nitriles is 1. The molecule has 0 bridgehead atoms. The summed E-state index contributed by atoms with van der Waals surface area (Å²) in [6.45, 7) is 0. The van der Waals surface area contributed by atoms with E-state index in [1.54, 1.807) is 0 Å². The Kier molecular flexibility index (Phi) is 3.69. The lowest BCUT2D eigenvalue weighted by molar-refractivity contribution is 0.0784. The van der Waals surface area contributed by atoms with Crippen LogP contribution in [-0.4, -0.2) is 25.0 Å². The quantitative estimate of drug-likeness (QED) is 0.886. The summed E-state index contributed by atoms with van der Waals surface area (Å²) in [7, 11) is -3.33. The first-order valence-electron chi connectivity index (χ1n) is 5.54. The van der Waals surface area contributed by atoms with Gasteiger partial charge < -0.3 is 5.11 Å². The Morgan fingerprint density at radius 2 is 2.21 bits per heavy atom. The van der Waals surface area contributed by atoms with Crippen LogP contribution in [0.5, 0.6) is 0 Å². The molecule has 0 saturated carbocycles. The van der Waals surface area contributed by atoms with Crippen LogP contribution in [-0.2, 0) is 9.84 Å². The van der Waals surface area contributed by atoms with Crippen molar-refractivity contribution in [2.45, 2.75) is 12.5 Å². The Bertz CT molecular complexity index is 655. The lowest BCUT2D eigenvalue weighted by atomic mass is 9.80. The maximum absolute atomic E-state index is 13.2. The van der Waals surface area contributed by atoms with E-state index < -0.39 is 32.9 Å². The lowest BCUT2D eigenvalue weighted by Crippen LogP contribution is -2.29. The summed E-state index contributed by atoms with van der Waals surface area (Å²) < 4.78 is 36.8.